The second-order valence-corrected chi connectivity index (χ2v) is 7.93. The second-order valence-electron chi connectivity index (χ2n) is 7.57. The summed E-state index contributed by atoms with van der Waals surface area (Å²) in [6, 6.07) is 27.4. The minimum absolute atomic E-state index is 0. The molecule has 4 rings (SSSR count). The van der Waals surface area contributed by atoms with Gasteiger partial charge in [0, 0.05) is 32.6 Å². The summed E-state index contributed by atoms with van der Waals surface area (Å²) >= 11 is 5.60. The molecule has 4 aromatic rings. The molecule has 0 fully saturated rings. The van der Waals surface area contributed by atoms with Gasteiger partial charge in [0.15, 0.2) is 0 Å². The van der Waals surface area contributed by atoms with Crippen LogP contribution >= 0.6 is 11.6 Å². The summed E-state index contributed by atoms with van der Waals surface area (Å²) in [7, 11) is 3.64. The summed E-state index contributed by atoms with van der Waals surface area (Å²) in [4.78, 5) is 20.0. The van der Waals surface area contributed by atoms with Gasteiger partial charge in [0.25, 0.3) is 0 Å². The Hall–Kier alpha value is -2.80. The summed E-state index contributed by atoms with van der Waals surface area (Å²) in [6.45, 7) is 12.9. The molecule has 0 saturated carbocycles. The van der Waals surface area contributed by atoms with E-state index in [0.717, 1.165) is 29.8 Å². The maximum atomic E-state index is 10.9. The molecular weight excluding hydrogens is 612 g/mol. The van der Waals surface area contributed by atoms with Gasteiger partial charge in [0.1, 0.15) is 5.15 Å². The van der Waals surface area contributed by atoms with Crippen molar-refractivity contribution in [3.63, 3.8) is 0 Å². The van der Waals surface area contributed by atoms with Crippen molar-refractivity contribution >= 4 is 34.5 Å². The van der Waals surface area contributed by atoms with Crippen LogP contribution in [-0.4, -0.2) is 29.0 Å². The van der Waals surface area contributed by atoms with Crippen LogP contribution in [0.4, 0.5) is 22.9 Å². The van der Waals surface area contributed by atoms with Gasteiger partial charge in [-0.25, -0.2) is 9.97 Å². The van der Waals surface area contributed by atoms with Crippen LogP contribution < -0.4 is 10.2 Å². The van der Waals surface area contributed by atoms with Gasteiger partial charge in [-0.1, -0.05) is 42.9 Å². The summed E-state index contributed by atoms with van der Waals surface area (Å²) in [5.74, 6) is 0.323. The number of aromatic nitrogens is 2. The van der Waals surface area contributed by atoms with Crippen LogP contribution in [-0.2, 0) is 37.1 Å². The summed E-state index contributed by atoms with van der Waals surface area (Å²) in [5.41, 5.74) is 2.96. The summed E-state index contributed by atoms with van der Waals surface area (Å²) in [6.07, 6.45) is 5.21. The predicted octanol–water partition coefficient (Wildman–Crippen LogP) is 8.59. The Kier molecular flexibility index (Phi) is 28.5. The van der Waals surface area contributed by atoms with Gasteiger partial charge in [0.05, 0.1) is 4.92 Å². The minimum atomic E-state index is -0.437. The average molecular weight is 650 g/mol. The smallest absolute Gasteiger partial charge is 0.409 e. The number of aryl methyl sites for hydroxylation is 1. The van der Waals surface area contributed by atoms with Crippen LogP contribution in [0.2, 0.25) is 5.15 Å². The number of anilines is 3. The minimum Gasteiger partial charge on any atom is -0.409 e. The number of nitrogens with one attached hydrogen (secondary N) is 1. The largest absolute Gasteiger partial charge is 2.00 e. The number of nitro groups is 1. The number of rotatable bonds is 4. The van der Waals surface area contributed by atoms with Crippen LogP contribution in [0.25, 0.3) is 0 Å². The SMILES string of the molecule is CN(c1cc[c-]cc1)c1ncccc1[N+](=O)[O-].CNc1cc[c-]cc1.Cc1cccnc1Cl.[CH2-]CC.[CH2-]CC.[V+2].[V+2]. The van der Waals surface area contributed by atoms with Crippen LogP contribution in [0.1, 0.15) is 32.3 Å². The number of hydrogen-bond acceptors (Lipinski definition) is 6. The van der Waals surface area contributed by atoms with Crippen molar-refractivity contribution in [3.05, 3.63) is 132 Å². The number of hydrogen-bond donors (Lipinski definition) is 1. The molecule has 2 aromatic carbocycles. The number of benzene rings is 2. The first-order chi connectivity index (χ1) is 18.8. The number of pyridine rings is 2. The van der Waals surface area contributed by atoms with Crippen molar-refractivity contribution < 1.29 is 42.0 Å². The molecule has 0 saturated heterocycles. The van der Waals surface area contributed by atoms with Gasteiger partial charge < -0.3 is 24.1 Å². The maximum absolute atomic E-state index is 10.9. The molecule has 0 spiro atoms. The fourth-order valence-corrected chi connectivity index (χ4v) is 2.65. The third-order valence-corrected chi connectivity index (χ3v) is 4.72. The van der Waals surface area contributed by atoms with Crippen LogP contribution in [0.15, 0.2) is 85.2 Å². The number of nitrogens with zero attached hydrogens (tertiary/aromatic N) is 4. The average Bonchev–Trinajstić information content (AvgIpc) is 2.97. The Morgan fingerprint density at radius 2 is 1.39 bits per heavy atom. The molecule has 216 valence electrons. The van der Waals surface area contributed by atoms with Gasteiger partial charge in [0.2, 0.25) is 5.82 Å². The van der Waals surface area contributed by atoms with Gasteiger partial charge in [-0.3, -0.25) is 10.1 Å². The third-order valence-electron chi connectivity index (χ3n) is 4.32. The standard InChI is InChI=1S/C12H10N3O2.C7H8N.C6H6ClN.2C3H7.2V/c1-14(10-6-3-2-4-7-10)12-11(15(16)17)8-5-9-13-12;1-8-7-5-3-2-4-6-7;1-5-3-2-4-8-6(5)7;2*1-3-2;;/h3-9H,1H3;3-6,8H,1H3;2-4H,1H3;2*1,3H2,2H3;;/q2*-1;;2*-1;2*+2. The molecule has 0 bridgehead atoms. The molecule has 2 radical (unpaired) electrons. The van der Waals surface area contributed by atoms with Crippen LogP contribution in [0, 0.1) is 43.0 Å². The Bertz CT molecular complexity index is 1150. The Labute approximate surface area is 275 Å². The molecular formula is C31H38ClN5O2V2. The van der Waals surface area contributed by atoms with Crippen molar-refractivity contribution in [2.75, 3.05) is 24.3 Å². The Balaban J connectivity index is -0.000000509. The zero-order valence-electron chi connectivity index (χ0n) is 24.3. The van der Waals surface area contributed by atoms with Gasteiger partial charge in [-0.15, -0.1) is 24.3 Å². The zero-order valence-corrected chi connectivity index (χ0v) is 27.8. The van der Waals surface area contributed by atoms with E-state index in [2.05, 4.69) is 41.3 Å². The first-order valence-electron chi connectivity index (χ1n) is 12.4. The molecule has 0 aliphatic rings. The van der Waals surface area contributed by atoms with Gasteiger partial charge in [-0.2, -0.15) is 49.2 Å². The third kappa shape index (κ3) is 19.0. The first kappa shape index (κ1) is 42.7. The van der Waals surface area contributed by atoms with E-state index in [1.807, 2.05) is 76.3 Å². The molecule has 0 aliphatic heterocycles. The molecule has 0 aliphatic carbocycles. The van der Waals surface area contributed by atoms with Crippen molar-refractivity contribution in [3.8, 4) is 0 Å². The molecule has 0 amide bonds. The van der Waals surface area contributed by atoms with Crippen molar-refractivity contribution in [2.45, 2.75) is 33.6 Å². The van der Waals surface area contributed by atoms with Crippen LogP contribution in [0.5, 0.6) is 0 Å². The van der Waals surface area contributed by atoms with Crippen molar-refractivity contribution in [1.82, 2.24) is 9.97 Å². The normalized spacial score (nSPS) is 8.49. The fraction of sp³-hybridized carbons (Fsp3) is 0.226. The van der Waals surface area contributed by atoms with E-state index in [9.17, 15) is 10.1 Å². The first-order valence-corrected chi connectivity index (χ1v) is 12.7. The second kappa shape index (κ2) is 27.4. The molecule has 0 unspecified atom stereocenters. The van der Waals surface area contributed by atoms with Gasteiger partial charge in [-0.05, 0) is 24.6 Å². The monoisotopic (exact) mass is 649 g/mol. The Morgan fingerprint density at radius 3 is 1.78 bits per heavy atom. The zero-order chi connectivity index (χ0) is 29.5. The summed E-state index contributed by atoms with van der Waals surface area (Å²) in [5, 5.41) is 14.5. The Morgan fingerprint density at radius 1 is 0.927 bits per heavy atom. The van der Waals surface area contributed by atoms with Crippen LogP contribution in [0.3, 0.4) is 0 Å². The van der Waals surface area contributed by atoms with E-state index >= 15 is 0 Å². The van der Waals surface area contributed by atoms with Crippen molar-refractivity contribution in [2.24, 2.45) is 0 Å². The predicted molar refractivity (Wildman–Crippen MR) is 164 cm³/mol. The van der Waals surface area contributed by atoms with Gasteiger partial charge >= 0.3 is 42.8 Å². The fourth-order valence-electron chi connectivity index (χ4n) is 2.53. The molecule has 0 atom stereocenters. The van der Waals surface area contributed by atoms with E-state index < -0.39 is 4.92 Å². The topological polar surface area (TPSA) is 84.2 Å². The molecule has 2 heterocycles. The quantitative estimate of drug-likeness (QED) is 0.103. The van der Waals surface area contributed by atoms with Crippen molar-refractivity contribution in [1.29, 1.82) is 0 Å². The molecule has 41 heavy (non-hydrogen) atoms. The molecule has 1 N–H and O–H groups in total. The molecule has 10 heteroatoms. The maximum Gasteiger partial charge on any atom is 2.00 e. The summed E-state index contributed by atoms with van der Waals surface area (Å²) < 4.78 is 0. The van der Waals surface area contributed by atoms with E-state index in [1.54, 1.807) is 36.3 Å². The van der Waals surface area contributed by atoms with E-state index in [4.69, 9.17) is 11.6 Å². The van der Waals surface area contributed by atoms with E-state index in [-0.39, 0.29) is 42.8 Å². The number of halogens is 1. The molecule has 2 aromatic heterocycles. The molecule has 7 nitrogen and oxygen atoms in total. The van der Waals surface area contributed by atoms with E-state index in [1.165, 1.54) is 12.3 Å². The van der Waals surface area contributed by atoms with E-state index in [0.29, 0.717) is 11.0 Å².